The number of esters is 1. The Balaban J connectivity index is 2.57. The smallest absolute Gasteiger partial charge is 0.306 e. The largest absolute Gasteiger partial charge is 0.469 e. The van der Waals surface area contributed by atoms with E-state index in [9.17, 15) is 4.79 Å². The van der Waals surface area contributed by atoms with Gasteiger partial charge in [-0.05, 0) is 13.0 Å². The molecule has 1 heterocycles. The lowest BCUT2D eigenvalue weighted by Gasteiger charge is -2.21. The van der Waals surface area contributed by atoms with Gasteiger partial charge in [0.25, 0.3) is 0 Å². The molecule has 0 aliphatic carbocycles. The van der Waals surface area contributed by atoms with Crippen LogP contribution >= 0.6 is 0 Å². The van der Waals surface area contributed by atoms with Crippen molar-refractivity contribution in [1.82, 2.24) is 14.7 Å². The fourth-order valence-corrected chi connectivity index (χ4v) is 1.88. The number of ether oxygens (including phenoxy) is 2. The molecule has 0 bridgehead atoms. The second-order valence-electron chi connectivity index (χ2n) is 4.50. The summed E-state index contributed by atoms with van der Waals surface area (Å²) in [6, 6.07) is 2.05. The van der Waals surface area contributed by atoms with Crippen LogP contribution in [0.1, 0.15) is 17.8 Å². The molecule has 0 aliphatic rings. The summed E-state index contributed by atoms with van der Waals surface area (Å²) in [7, 11) is 5.01. The molecule has 1 rings (SSSR count). The molecule has 0 aromatic carbocycles. The van der Waals surface area contributed by atoms with Gasteiger partial charge in [0.15, 0.2) is 0 Å². The average Bonchev–Trinajstić information content (AvgIpc) is 2.70. The number of aromatic nitrogens is 2. The highest BCUT2D eigenvalue weighted by atomic mass is 16.5. The van der Waals surface area contributed by atoms with Gasteiger partial charge < -0.3 is 9.47 Å². The van der Waals surface area contributed by atoms with Crippen molar-refractivity contribution in [2.45, 2.75) is 19.9 Å². The van der Waals surface area contributed by atoms with Crippen molar-refractivity contribution in [1.29, 1.82) is 0 Å². The summed E-state index contributed by atoms with van der Waals surface area (Å²) in [4.78, 5) is 13.4. The number of hydrogen-bond acceptors (Lipinski definition) is 5. The highest BCUT2D eigenvalue weighted by molar-refractivity contribution is 5.69. The predicted octanol–water partition coefficient (Wildman–Crippen LogP) is 0.740. The Morgan fingerprint density at radius 2 is 2.16 bits per heavy atom. The summed E-state index contributed by atoms with van der Waals surface area (Å²) in [5, 5.41) is 4.32. The summed E-state index contributed by atoms with van der Waals surface area (Å²) >= 11 is 0. The first kappa shape index (κ1) is 15.7. The van der Waals surface area contributed by atoms with Gasteiger partial charge >= 0.3 is 5.97 Å². The van der Waals surface area contributed by atoms with Crippen molar-refractivity contribution >= 4 is 5.97 Å². The van der Waals surface area contributed by atoms with E-state index in [0.717, 1.165) is 24.5 Å². The van der Waals surface area contributed by atoms with E-state index in [-0.39, 0.29) is 5.97 Å². The maximum atomic E-state index is 11.2. The normalized spacial score (nSPS) is 11.0. The first-order valence-corrected chi connectivity index (χ1v) is 6.34. The molecule has 0 saturated heterocycles. The minimum atomic E-state index is -0.191. The molecule has 0 aliphatic heterocycles. The molecule has 0 unspecified atom stereocenters. The van der Waals surface area contributed by atoms with Gasteiger partial charge in [-0.2, -0.15) is 5.10 Å². The zero-order chi connectivity index (χ0) is 14.3. The van der Waals surface area contributed by atoms with Crippen molar-refractivity contribution < 1.29 is 14.3 Å². The van der Waals surface area contributed by atoms with Crippen LogP contribution in [0.15, 0.2) is 6.07 Å². The lowest BCUT2D eigenvalue weighted by atomic mass is 10.3. The Labute approximate surface area is 114 Å². The third-order valence-corrected chi connectivity index (χ3v) is 2.96. The number of carbonyl (C=O) groups is 1. The SMILES string of the molecule is COCCN(CCC(=O)OC)Cc1cc(C)nn1C. The predicted molar refractivity (Wildman–Crippen MR) is 71.7 cm³/mol. The topological polar surface area (TPSA) is 56.6 Å². The monoisotopic (exact) mass is 269 g/mol. The van der Waals surface area contributed by atoms with Gasteiger partial charge in [-0.15, -0.1) is 0 Å². The first-order valence-electron chi connectivity index (χ1n) is 6.34. The average molecular weight is 269 g/mol. The Morgan fingerprint density at radius 3 is 2.68 bits per heavy atom. The van der Waals surface area contributed by atoms with Crippen molar-refractivity contribution in [3.05, 3.63) is 17.5 Å². The molecule has 0 N–H and O–H groups in total. The molecule has 0 radical (unpaired) electrons. The molecule has 1 aromatic heterocycles. The molecule has 0 amide bonds. The molecule has 0 spiro atoms. The number of carbonyl (C=O) groups excluding carboxylic acids is 1. The minimum absolute atomic E-state index is 0.191. The number of aryl methyl sites for hydroxylation is 2. The van der Waals surface area contributed by atoms with Crippen molar-refractivity contribution in [2.75, 3.05) is 33.9 Å². The van der Waals surface area contributed by atoms with Crippen molar-refractivity contribution in [2.24, 2.45) is 7.05 Å². The molecule has 6 nitrogen and oxygen atoms in total. The van der Waals surface area contributed by atoms with Crippen molar-refractivity contribution in [3.63, 3.8) is 0 Å². The molecule has 108 valence electrons. The van der Waals surface area contributed by atoms with E-state index in [1.807, 2.05) is 18.7 Å². The second kappa shape index (κ2) is 7.91. The number of hydrogen-bond donors (Lipinski definition) is 0. The molecule has 6 heteroatoms. The highest BCUT2D eigenvalue weighted by Gasteiger charge is 2.11. The van der Waals surface area contributed by atoms with E-state index < -0.39 is 0 Å². The lowest BCUT2D eigenvalue weighted by Crippen LogP contribution is -2.30. The molecular formula is C13H23N3O3. The van der Waals surface area contributed by atoms with Crippen LogP contribution in [0, 0.1) is 6.92 Å². The molecular weight excluding hydrogens is 246 g/mol. The minimum Gasteiger partial charge on any atom is -0.469 e. The van der Waals surface area contributed by atoms with Gasteiger partial charge in [0.05, 0.1) is 31.5 Å². The van der Waals surface area contributed by atoms with Crippen LogP contribution in [0.25, 0.3) is 0 Å². The first-order chi connectivity index (χ1) is 9.06. The van der Waals surface area contributed by atoms with Crippen LogP contribution < -0.4 is 0 Å². The van der Waals surface area contributed by atoms with Crippen LogP contribution in [0.5, 0.6) is 0 Å². The molecule has 0 saturated carbocycles. The van der Waals surface area contributed by atoms with Gasteiger partial charge in [-0.25, -0.2) is 0 Å². The van der Waals surface area contributed by atoms with Gasteiger partial charge in [-0.3, -0.25) is 14.4 Å². The van der Waals surface area contributed by atoms with E-state index in [0.29, 0.717) is 19.6 Å². The van der Waals surface area contributed by atoms with Gasteiger partial charge in [0.2, 0.25) is 0 Å². The zero-order valence-corrected chi connectivity index (χ0v) is 12.2. The quantitative estimate of drug-likeness (QED) is 0.652. The van der Waals surface area contributed by atoms with Gasteiger partial charge in [-0.1, -0.05) is 0 Å². The van der Waals surface area contributed by atoms with Gasteiger partial charge in [0, 0.05) is 33.8 Å². The standard InChI is InChI=1S/C13H23N3O3/c1-11-9-12(15(2)14-11)10-16(7-8-18-3)6-5-13(17)19-4/h9H,5-8,10H2,1-4H3. The summed E-state index contributed by atoms with van der Waals surface area (Å²) < 4.78 is 11.6. The summed E-state index contributed by atoms with van der Waals surface area (Å²) in [5.74, 6) is -0.191. The third-order valence-electron chi connectivity index (χ3n) is 2.96. The van der Waals surface area contributed by atoms with Crippen LogP contribution in [0.3, 0.4) is 0 Å². The fraction of sp³-hybridized carbons (Fsp3) is 0.692. The second-order valence-corrected chi connectivity index (χ2v) is 4.50. The summed E-state index contributed by atoms with van der Waals surface area (Å²) in [6.07, 6.45) is 0.386. The number of rotatable bonds is 8. The molecule has 19 heavy (non-hydrogen) atoms. The molecule has 0 fully saturated rings. The maximum Gasteiger partial charge on any atom is 0.306 e. The van der Waals surface area contributed by atoms with E-state index in [1.54, 1.807) is 7.11 Å². The Kier molecular flexibility index (Phi) is 6.52. The number of nitrogens with zero attached hydrogens (tertiary/aromatic N) is 3. The van der Waals surface area contributed by atoms with E-state index in [4.69, 9.17) is 4.74 Å². The Hall–Kier alpha value is -1.40. The number of methoxy groups -OCH3 is 2. The Bertz CT molecular complexity index is 404. The molecule has 1 aromatic rings. The lowest BCUT2D eigenvalue weighted by molar-refractivity contribution is -0.141. The van der Waals surface area contributed by atoms with Crippen molar-refractivity contribution in [3.8, 4) is 0 Å². The van der Waals surface area contributed by atoms with E-state index in [1.165, 1.54) is 7.11 Å². The maximum absolute atomic E-state index is 11.2. The van der Waals surface area contributed by atoms with E-state index in [2.05, 4.69) is 20.8 Å². The highest BCUT2D eigenvalue weighted by Crippen LogP contribution is 2.07. The third kappa shape index (κ3) is 5.40. The van der Waals surface area contributed by atoms with Crippen LogP contribution in [0.4, 0.5) is 0 Å². The van der Waals surface area contributed by atoms with E-state index >= 15 is 0 Å². The van der Waals surface area contributed by atoms with Gasteiger partial charge in [0.1, 0.15) is 0 Å². The summed E-state index contributed by atoms with van der Waals surface area (Å²) in [6.45, 7) is 4.78. The summed E-state index contributed by atoms with van der Waals surface area (Å²) in [5.41, 5.74) is 2.12. The fourth-order valence-electron chi connectivity index (χ4n) is 1.88. The van der Waals surface area contributed by atoms with Crippen LogP contribution in [-0.2, 0) is 27.9 Å². The molecule has 0 atom stereocenters. The Morgan fingerprint density at radius 1 is 1.42 bits per heavy atom. The van der Waals surface area contributed by atoms with Crippen LogP contribution in [0.2, 0.25) is 0 Å². The zero-order valence-electron chi connectivity index (χ0n) is 12.2. The van der Waals surface area contributed by atoms with Crippen LogP contribution in [-0.4, -0.2) is 54.6 Å².